The standard InChI is InChI=1S/C23H21IN2O3/c1-13-6-8-18-19(10-13)23(29)26(22(18)28)17-5-3-4-15(12-17)21(27)25-20-9-7-16(24)11-14(20)2/h3-7,9,11-12,18-19H,8,10H2,1-2H3,(H,25,27)/t18-,19+/m1/s1. The fourth-order valence-corrected chi connectivity index (χ4v) is 4.69. The number of fused-ring (bicyclic) bond motifs is 1. The van der Waals surface area contributed by atoms with E-state index in [1.54, 1.807) is 24.3 Å². The molecule has 6 heteroatoms. The van der Waals surface area contributed by atoms with Crippen molar-refractivity contribution in [1.82, 2.24) is 0 Å². The lowest BCUT2D eigenvalue weighted by atomic mass is 9.82. The topological polar surface area (TPSA) is 66.5 Å². The van der Waals surface area contributed by atoms with Crippen molar-refractivity contribution in [3.63, 3.8) is 0 Å². The third-order valence-corrected chi connectivity index (χ3v) is 6.30. The molecule has 0 unspecified atom stereocenters. The summed E-state index contributed by atoms with van der Waals surface area (Å²) in [6.07, 6.45) is 3.27. The van der Waals surface area contributed by atoms with Gasteiger partial charge in [-0.05, 0) is 91.2 Å². The molecule has 1 N–H and O–H groups in total. The van der Waals surface area contributed by atoms with Crippen LogP contribution >= 0.6 is 22.6 Å². The van der Waals surface area contributed by atoms with Gasteiger partial charge in [0, 0.05) is 14.8 Å². The molecule has 1 fully saturated rings. The molecule has 3 amide bonds. The predicted octanol–water partition coefficient (Wildman–Crippen LogP) is 4.70. The number of allylic oxidation sites excluding steroid dienone is 2. The molecular formula is C23H21IN2O3. The lowest BCUT2D eigenvalue weighted by molar-refractivity contribution is -0.122. The van der Waals surface area contributed by atoms with E-state index in [1.165, 1.54) is 4.90 Å². The molecule has 2 aliphatic rings. The first-order valence-electron chi connectivity index (χ1n) is 9.56. The largest absolute Gasteiger partial charge is 0.322 e. The molecule has 2 atom stereocenters. The molecule has 1 saturated heterocycles. The molecule has 148 valence electrons. The summed E-state index contributed by atoms with van der Waals surface area (Å²) in [5.41, 5.74) is 3.72. The van der Waals surface area contributed by atoms with Crippen LogP contribution in [0.5, 0.6) is 0 Å². The van der Waals surface area contributed by atoms with Crippen molar-refractivity contribution in [3.05, 3.63) is 68.8 Å². The second-order valence-electron chi connectivity index (χ2n) is 7.68. The van der Waals surface area contributed by atoms with Crippen LogP contribution in [0.2, 0.25) is 0 Å². The van der Waals surface area contributed by atoms with E-state index in [-0.39, 0.29) is 29.6 Å². The number of nitrogens with zero attached hydrogens (tertiary/aromatic N) is 1. The van der Waals surface area contributed by atoms with Crippen molar-refractivity contribution in [1.29, 1.82) is 0 Å². The summed E-state index contributed by atoms with van der Waals surface area (Å²) in [7, 11) is 0. The zero-order valence-electron chi connectivity index (χ0n) is 16.2. The van der Waals surface area contributed by atoms with E-state index in [9.17, 15) is 14.4 Å². The van der Waals surface area contributed by atoms with Crippen molar-refractivity contribution in [2.75, 3.05) is 10.2 Å². The minimum absolute atomic E-state index is 0.168. The van der Waals surface area contributed by atoms with E-state index in [2.05, 4.69) is 27.9 Å². The summed E-state index contributed by atoms with van der Waals surface area (Å²) in [5, 5.41) is 2.91. The van der Waals surface area contributed by atoms with Crippen molar-refractivity contribution in [3.8, 4) is 0 Å². The van der Waals surface area contributed by atoms with E-state index in [4.69, 9.17) is 0 Å². The molecule has 0 spiro atoms. The van der Waals surface area contributed by atoms with Gasteiger partial charge >= 0.3 is 0 Å². The minimum Gasteiger partial charge on any atom is -0.322 e. The Labute approximate surface area is 183 Å². The Kier molecular flexibility index (Phi) is 5.29. The Morgan fingerprint density at radius 1 is 1.07 bits per heavy atom. The number of aryl methyl sites for hydroxylation is 1. The molecule has 0 aromatic heterocycles. The van der Waals surface area contributed by atoms with Crippen LogP contribution in [0.25, 0.3) is 0 Å². The minimum atomic E-state index is -0.293. The van der Waals surface area contributed by atoms with Crippen LogP contribution in [0, 0.1) is 22.3 Å². The first-order chi connectivity index (χ1) is 13.8. The average Bonchev–Trinajstić information content (AvgIpc) is 2.94. The molecule has 2 aromatic carbocycles. The van der Waals surface area contributed by atoms with Crippen molar-refractivity contribution in [2.24, 2.45) is 11.8 Å². The highest BCUT2D eigenvalue weighted by atomic mass is 127. The van der Waals surface area contributed by atoms with Crippen molar-refractivity contribution < 1.29 is 14.4 Å². The lowest BCUT2D eigenvalue weighted by Gasteiger charge is -2.18. The summed E-state index contributed by atoms with van der Waals surface area (Å²) in [6.45, 7) is 3.93. The van der Waals surface area contributed by atoms with E-state index >= 15 is 0 Å². The van der Waals surface area contributed by atoms with Gasteiger partial charge in [0.15, 0.2) is 0 Å². The number of benzene rings is 2. The highest BCUT2D eigenvalue weighted by Gasteiger charge is 2.48. The van der Waals surface area contributed by atoms with Crippen LogP contribution in [0.1, 0.15) is 35.7 Å². The second-order valence-corrected chi connectivity index (χ2v) is 8.92. The number of rotatable bonds is 3. The maximum Gasteiger partial charge on any atom is 0.255 e. The number of hydrogen-bond donors (Lipinski definition) is 1. The summed E-state index contributed by atoms with van der Waals surface area (Å²) >= 11 is 2.23. The Balaban J connectivity index is 1.58. The Hall–Kier alpha value is -2.48. The van der Waals surface area contributed by atoms with Crippen LogP contribution in [0.15, 0.2) is 54.1 Å². The predicted molar refractivity (Wildman–Crippen MR) is 121 cm³/mol. The zero-order valence-corrected chi connectivity index (χ0v) is 18.4. The summed E-state index contributed by atoms with van der Waals surface area (Å²) in [6, 6.07) is 12.5. The maximum atomic E-state index is 12.9. The number of halogens is 1. The second kappa shape index (κ2) is 7.74. The van der Waals surface area contributed by atoms with E-state index in [0.717, 1.165) is 20.4 Å². The zero-order chi connectivity index (χ0) is 20.7. The van der Waals surface area contributed by atoms with Gasteiger partial charge in [-0.1, -0.05) is 17.7 Å². The number of carbonyl (C=O) groups is 3. The highest BCUT2D eigenvalue weighted by Crippen LogP contribution is 2.39. The normalized spacial score (nSPS) is 21.1. The van der Waals surface area contributed by atoms with Gasteiger partial charge < -0.3 is 5.32 Å². The molecular weight excluding hydrogens is 479 g/mol. The summed E-state index contributed by atoms with van der Waals surface area (Å²) in [5.74, 6) is -1.20. The summed E-state index contributed by atoms with van der Waals surface area (Å²) < 4.78 is 1.09. The van der Waals surface area contributed by atoms with Gasteiger partial charge in [-0.2, -0.15) is 0 Å². The molecule has 1 aliphatic carbocycles. The molecule has 29 heavy (non-hydrogen) atoms. The molecule has 2 aromatic rings. The fourth-order valence-electron chi connectivity index (χ4n) is 4.04. The Morgan fingerprint density at radius 2 is 1.83 bits per heavy atom. The maximum absolute atomic E-state index is 12.9. The third-order valence-electron chi connectivity index (χ3n) is 5.63. The number of carbonyl (C=O) groups excluding carboxylic acids is 3. The number of anilines is 2. The molecule has 0 saturated carbocycles. The lowest BCUT2D eigenvalue weighted by Crippen LogP contribution is -2.31. The highest BCUT2D eigenvalue weighted by molar-refractivity contribution is 14.1. The first kappa shape index (κ1) is 19.8. The first-order valence-corrected chi connectivity index (χ1v) is 10.6. The van der Waals surface area contributed by atoms with Gasteiger partial charge in [0.25, 0.3) is 5.91 Å². The van der Waals surface area contributed by atoms with Gasteiger partial charge in [0.05, 0.1) is 17.5 Å². The van der Waals surface area contributed by atoms with Gasteiger partial charge in [-0.15, -0.1) is 0 Å². The van der Waals surface area contributed by atoms with Crippen molar-refractivity contribution in [2.45, 2.75) is 26.7 Å². The molecule has 0 radical (unpaired) electrons. The van der Waals surface area contributed by atoms with Crippen LogP contribution in [0.4, 0.5) is 11.4 Å². The monoisotopic (exact) mass is 500 g/mol. The van der Waals surface area contributed by atoms with Gasteiger partial charge in [-0.3, -0.25) is 19.3 Å². The number of hydrogen-bond acceptors (Lipinski definition) is 3. The molecule has 1 aliphatic heterocycles. The van der Waals surface area contributed by atoms with Crippen LogP contribution < -0.4 is 10.2 Å². The van der Waals surface area contributed by atoms with Crippen LogP contribution in [0.3, 0.4) is 0 Å². The third kappa shape index (κ3) is 3.73. The van der Waals surface area contributed by atoms with Crippen molar-refractivity contribution >= 4 is 51.7 Å². The van der Waals surface area contributed by atoms with Gasteiger partial charge in [0.1, 0.15) is 0 Å². The molecule has 1 heterocycles. The van der Waals surface area contributed by atoms with Crippen LogP contribution in [-0.4, -0.2) is 17.7 Å². The van der Waals surface area contributed by atoms with E-state index in [1.807, 2.05) is 38.1 Å². The number of amides is 3. The van der Waals surface area contributed by atoms with Crippen LogP contribution in [-0.2, 0) is 9.59 Å². The molecule has 4 rings (SSSR count). The Bertz CT molecular complexity index is 1060. The summed E-state index contributed by atoms with van der Waals surface area (Å²) in [4.78, 5) is 39.8. The van der Waals surface area contributed by atoms with E-state index in [0.29, 0.717) is 24.1 Å². The number of nitrogens with one attached hydrogen (secondary N) is 1. The average molecular weight is 500 g/mol. The molecule has 5 nitrogen and oxygen atoms in total. The van der Waals surface area contributed by atoms with E-state index < -0.39 is 0 Å². The van der Waals surface area contributed by atoms with Gasteiger partial charge in [-0.25, -0.2) is 0 Å². The van der Waals surface area contributed by atoms with Gasteiger partial charge in [0.2, 0.25) is 11.8 Å². The number of imide groups is 1. The fraction of sp³-hybridized carbons (Fsp3) is 0.261. The smallest absolute Gasteiger partial charge is 0.255 e. The quantitative estimate of drug-likeness (QED) is 0.378. The Morgan fingerprint density at radius 3 is 2.59 bits per heavy atom. The SMILES string of the molecule is CC1=CC[C@H]2C(=O)N(c3cccc(C(=O)Nc4ccc(I)cc4C)c3)C(=O)[C@H]2C1. The molecule has 0 bridgehead atoms.